The highest BCUT2D eigenvalue weighted by atomic mass is 32.2. The lowest BCUT2D eigenvalue weighted by atomic mass is 10.1. The Morgan fingerprint density at radius 3 is 2.52 bits per heavy atom. The van der Waals surface area contributed by atoms with Gasteiger partial charge < -0.3 is 14.2 Å². The molecule has 0 aromatic carbocycles. The summed E-state index contributed by atoms with van der Waals surface area (Å²) < 4.78 is 35.0. The molecule has 0 aliphatic carbocycles. The lowest BCUT2D eigenvalue weighted by Gasteiger charge is -2.28. The molecule has 0 spiro atoms. The smallest absolute Gasteiger partial charge is 0.240 e. The highest BCUT2D eigenvalue weighted by Crippen LogP contribution is 2.14. The average Bonchev–Trinajstić information content (AvgIpc) is 2.92. The van der Waals surface area contributed by atoms with Crippen molar-refractivity contribution in [2.75, 3.05) is 26.3 Å². The second kappa shape index (κ2) is 7.39. The number of hydrogen-bond acceptors (Lipinski definition) is 7. The Balaban J connectivity index is 2.02. The standard InChI is InChI=1S/C14H23N3O5S/c1-10(2)8-13-15-12(16-22-13)9-23(19,20)11(3)14(18)17-4-6-21-7-5-17/h10-11H,4-9H2,1-3H3/t11-/m0/s1. The minimum Gasteiger partial charge on any atom is -0.378 e. The predicted octanol–water partition coefficient (Wildman–Crippen LogP) is 0.430. The van der Waals surface area contributed by atoms with Crippen molar-refractivity contribution in [3.8, 4) is 0 Å². The van der Waals surface area contributed by atoms with Crippen molar-refractivity contribution in [2.24, 2.45) is 5.92 Å². The van der Waals surface area contributed by atoms with Gasteiger partial charge in [0.25, 0.3) is 0 Å². The SMILES string of the molecule is CC(C)Cc1nc(CS(=O)(=O)[C@@H](C)C(=O)N2CCOCC2)no1. The first kappa shape index (κ1) is 17.9. The normalized spacial score (nSPS) is 17.5. The van der Waals surface area contributed by atoms with Crippen LogP contribution in [0.15, 0.2) is 4.52 Å². The summed E-state index contributed by atoms with van der Waals surface area (Å²) in [6, 6.07) is 0. The molecule has 2 heterocycles. The third-order valence-electron chi connectivity index (χ3n) is 3.63. The van der Waals surface area contributed by atoms with Crippen LogP contribution >= 0.6 is 0 Å². The zero-order valence-electron chi connectivity index (χ0n) is 13.7. The molecular formula is C14H23N3O5S. The van der Waals surface area contributed by atoms with Crippen molar-refractivity contribution in [3.63, 3.8) is 0 Å². The van der Waals surface area contributed by atoms with E-state index in [0.717, 1.165) is 0 Å². The number of nitrogens with zero attached hydrogens (tertiary/aromatic N) is 3. The summed E-state index contributed by atoms with van der Waals surface area (Å²) in [5, 5.41) is 2.57. The Morgan fingerprint density at radius 1 is 1.26 bits per heavy atom. The van der Waals surface area contributed by atoms with Gasteiger partial charge in [-0.2, -0.15) is 4.98 Å². The van der Waals surface area contributed by atoms with E-state index >= 15 is 0 Å². The molecule has 0 bridgehead atoms. The number of hydrogen-bond donors (Lipinski definition) is 0. The zero-order chi connectivity index (χ0) is 17.0. The number of sulfone groups is 1. The number of amides is 1. The van der Waals surface area contributed by atoms with E-state index in [2.05, 4.69) is 10.1 Å². The van der Waals surface area contributed by atoms with E-state index in [1.807, 2.05) is 13.8 Å². The molecule has 0 unspecified atom stereocenters. The molecule has 23 heavy (non-hydrogen) atoms. The fraction of sp³-hybridized carbons (Fsp3) is 0.786. The lowest BCUT2D eigenvalue weighted by Crippen LogP contribution is -2.47. The van der Waals surface area contributed by atoms with Crippen LogP contribution in [-0.4, -0.2) is 60.9 Å². The third kappa shape index (κ3) is 4.74. The zero-order valence-corrected chi connectivity index (χ0v) is 14.5. The molecule has 0 N–H and O–H groups in total. The molecule has 1 aromatic heterocycles. The summed E-state index contributed by atoms with van der Waals surface area (Å²) in [5.41, 5.74) is 0. The fourth-order valence-electron chi connectivity index (χ4n) is 2.28. The van der Waals surface area contributed by atoms with Crippen LogP contribution in [0.1, 0.15) is 32.5 Å². The molecule has 8 nitrogen and oxygen atoms in total. The first-order valence-electron chi connectivity index (χ1n) is 7.69. The number of aromatic nitrogens is 2. The van der Waals surface area contributed by atoms with Gasteiger partial charge in [-0.15, -0.1) is 0 Å². The quantitative estimate of drug-likeness (QED) is 0.736. The van der Waals surface area contributed by atoms with Crippen LogP contribution in [0.3, 0.4) is 0 Å². The molecule has 2 rings (SSSR count). The summed E-state index contributed by atoms with van der Waals surface area (Å²) in [6.45, 7) is 7.11. The Labute approximate surface area is 136 Å². The van der Waals surface area contributed by atoms with E-state index in [0.29, 0.717) is 44.5 Å². The maximum absolute atomic E-state index is 12.4. The van der Waals surface area contributed by atoms with E-state index in [1.165, 1.54) is 11.8 Å². The summed E-state index contributed by atoms with van der Waals surface area (Å²) >= 11 is 0. The second-order valence-electron chi connectivity index (χ2n) is 6.09. The molecule has 1 atom stereocenters. The van der Waals surface area contributed by atoms with E-state index in [4.69, 9.17) is 9.26 Å². The van der Waals surface area contributed by atoms with Gasteiger partial charge in [0.15, 0.2) is 15.7 Å². The van der Waals surface area contributed by atoms with Crippen LogP contribution in [-0.2, 0) is 31.5 Å². The van der Waals surface area contributed by atoms with Gasteiger partial charge in [-0.1, -0.05) is 19.0 Å². The lowest BCUT2D eigenvalue weighted by molar-refractivity contribution is -0.134. The van der Waals surface area contributed by atoms with Gasteiger partial charge in [-0.3, -0.25) is 4.79 Å². The first-order valence-corrected chi connectivity index (χ1v) is 9.40. The number of carbonyl (C=O) groups excluding carboxylic acids is 1. The van der Waals surface area contributed by atoms with Crippen LogP contribution < -0.4 is 0 Å². The van der Waals surface area contributed by atoms with Gasteiger partial charge in [-0.25, -0.2) is 8.42 Å². The first-order chi connectivity index (χ1) is 10.8. The van der Waals surface area contributed by atoms with Gasteiger partial charge in [0.1, 0.15) is 11.0 Å². The minimum atomic E-state index is -3.69. The van der Waals surface area contributed by atoms with Gasteiger partial charge >= 0.3 is 0 Å². The van der Waals surface area contributed by atoms with E-state index in [1.54, 1.807) is 0 Å². The molecule has 1 fully saturated rings. The molecule has 130 valence electrons. The van der Waals surface area contributed by atoms with Crippen molar-refractivity contribution < 1.29 is 22.5 Å². The third-order valence-corrected chi connectivity index (χ3v) is 5.57. The molecule has 0 saturated carbocycles. The van der Waals surface area contributed by atoms with Crippen LogP contribution in [0.2, 0.25) is 0 Å². The Kier molecular flexibility index (Phi) is 5.74. The topological polar surface area (TPSA) is 103 Å². The van der Waals surface area contributed by atoms with Crippen molar-refractivity contribution in [1.82, 2.24) is 15.0 Å². The maximum Gasteiger partial charge on any atom is 0.240 e. The van der Waals surface area contributed by atoms with Crippen molar-refractivity contribution >= 4 is 15.7 Å². The van der Waals surface area contributed by atoms with Crippen LogP contribution in [0.5, 0.6) is 0 Å². The van der Waals surface area contributed by atoms with Gasteiger partial charge in [0.2, 0.25) is 11.8 Å². The molecule has 1 aliphatic heterocycles. The molecular weight excluding hydrogens is 322 g/mol. The molecule has 1 aliphatic rings. The van der Waals surface area contributed by atoms with E-state index in [-0.39, 0.29) is 5.82 Å². The van der Waals surface area contributed by atoms with Crippen LogP contribution in [0, 0.1) is 5.92 Å². The highest BCUT2D eigenvalue weighted by Gasteiger charge is 2.33. The Morgan fingerprint density at radius 2 is 1.91 bits per heavy atom. The van der Waals surface area contributed by atoms with E-state index < -0.39 is 26.7 Å². The van der Waals surface area contributed by atoms with Crippen LogP contribution in [0.4, 0.5) is 0 Å². The predicted molar refractivity (Wildman–Crippen MR) is 82.3 cm³/mol. The second-order valence-corrected chi connectivity index (χ2v) is 8.41. The number of rotatable bonds is 6. The van der Waals surface area contributed by atoms with Crippen LogP contribution in [0.25, 0.3) is 0 Å². The van der Waals surface area contributed by atoms with Gasteiger partial charge in [0.05, 0.1) is 13.2 Å². The molecule has 0 radical (unpaired) electrons. The molecule has 9 heteroatoms. The van der Waals surface area contributed by atoms with Crippen molar-refractivity contribution in [3.05, 3.63) is 11.7 Å². The summed E-state index contributed by atoms with van der Waals surface area (Å²) in [7, 11) is -3.69. The average molecular weight is 345 g/mol. The molecule has 1 aromatic rings. The highest BCUT2D eigenvalue weighted by molar-refractivity contribution is 7.92. The number of ether oxygens (including phenoxy) is 1. The summed E-state index contributed by atoms with van der Waals surface area (Å²) in [5.74, 6) is 0.0480. The summed E-state index contributed by atoms with van der Waals surface area (Å²) in [6.07, 6.45) is 0.593. The fourth-order valence-corrected chi connectivity index (χ4v) is 3.46. The number of carbonyl (C=O) groups is 1. The van der Waals surface area contributed by atoms with Crippen molar-refractivity contribution in [1.29, 1.82) is 0 Å². The summed E-state index contributed by atoms with van der Waals surface area (Å²) in [4.78, 5) is 17.9. The Hall–Kier alpha value is -1.48. The molecule has 1 amide bonds. The number of morpholine rings is 1. The maximum atomic E-state index is 12.4. The minimum absolute atomic E-state index is 0.0993. The largest absolute Gasteiger partial charge is 0.378 e. The van der Waals surface area contributed by atoms with Gasteiger partial charge in [-0.05, 0) is 12.8 Å². The van der Waals surface area contributed by atoms with E-state index in [9.17, 15) is 13.2 Å². The molecule has 1 saturated heterocycles. The Bertz CT molecular complexity index is 635. The monoisotopic (exact) mass is 345 g/mol. The van der Waals surface area contributed by atoms with Gasteiger partial charge in [0, 0.05) is 19.5 Å². The van der Waals surface area contributed by atoms with Crippen molar-refractivity contribution in [2.45, 2.75) is 38.2 Å².